The first kappa shape index (κ1) is 16.6. The smallest absolute Gasteiger partial charge is 0.280 e. The maximum atomic E-state index is 13.2. The fourth-order valence-corrected chi connectivity index (χ4v) is 3.18. The first-order valence-electron chi connectivity index (χ1n) is 7.98. The molecule has 8 nitrogen and oxygen atoms in total. The quantitative estimate of drug-likeness (QED) is 0.697. The summed E-state index contributed by atoms with van der Waals surface area (Å²) in [5.41, 5.74) is 0.770. The van der Waals surface area contributed by atoms with Gasteiger partial charge in [0, 0.05) is 13.1 Å². The van der Waals surface area contributed by atoms with E-state index in [2.05, 4.69) is 20.5 Å². The highest BCUT2D eigenvalue weighted by molar-refractivity contribution is 6.33. The number of hydrogen-bond acceptors (Lipinski definition) is 6. The summed E-state index contributed by atoms with van der Waals surface area (Å²) in [6, 6.07) is 3.74. The predicted molar refractivity (Wildman–Crippen MR) is 89.0 cm³/mol. The molecule has 1 aliphatic heterocycles. The van der Waals surface area contributed by atoms with Crippen molar-refractivity contribution in [1.29, 1.82) is 0 Å². The molecule has 3 heterocycles. The zero-order chi connectivity index (χ0) is 18.3. The van der Waals surface area contributed by atoms with E-state index in [1.165, 1.54) is 12.1 Å². The summed E-state index contributed by atoms with van der Waals surface area (Å²) >= 11 is 5.99. The van der Waals surface area contributed by atoms with Gasteiger partial charge in [0.2, 0.25) is 0 Å². The van der Waals surface area contributed by atoms with Crippen LogP contribution < -0.4 is 0 Å². The number of hydrogen-bond donors (Lipinski definition) is 0. The lowest BCUT2D eigenvalue weighted by Gasteiger charge is -2.17. The standard InChI is InChI=1S/C16H14ClFN6O2/c1-9-19-15(26-21-9)14-8-24(22-20-14)11-4-5-23(7-11)16(25)12-3-2-10(18)6-13(12)17/h2-3,6,8,11H,4-5,7H2,1H3/t11-/m1/s1. The molecule has 1 amide bonds. The van der Waals surface area contributed by atoms with Crippen LogP contribution in [-0.2, 0) is 0 Å². The molecule has 4 rings (SSSR count). The zero-order valence-electron chi connectivity index (χ0n) is 13.8. The lowest BCUT2D eigenvalue weighted by molar-refractivity contribution is 0.0787. The molecule has 0 radical (unpaired) electrons. The molecular weight excluding hydrogens is 363 g/mol. The second-order valence-electron chi connectivity index (χ2n) is 6.05. The summed E-state index contributed by atoms with van der Waals surface area (Å²) in [7, 11) is 0. The minimum Gasteiger partial charge on any atom is -0.336 e. The predicted octanol–water partition coefficient (Wildman–Crippen LogP) is 2.52. The molecule has 1 saturated heterocycles. The molecular formula is C16H14ClFN6O2. The van der Waals surface area contributed by atoms with Crippen LogP contribution in [0.1, 0.15) is 28.6 Å². The van der Waals surface area contributed by atoms with Crippen LogP contribution in [0.4, 0.5) is 4.39 Å². The fraction of sp³-hybridized carbons (Fsp3) is 0.312. The Balaban J connectivity index is 1.48. The first-order valence-corrected chi connectivity index (χ1v) is 8.36. The molecule has 0 N–H and O–H groups in total. The minimum atomic E-state index is -0.475. The van der Waals surface area contributed by atoms with E-state index in [9.17, 15) is 9.18 Å². The number of benzene rings is 1. The average Bonchev–Trinajstić information content (AvgIpc) is 3.34. The van der Waals surface area contributed by atoms with E-state index < -0.39 is 5.82 Å². The highest BCUT2D eigenvalue weighted by atomic mass is 35.5. The number of halogens is 2. The van der Waals surface area contributed by atoms with Crippen molar-refractivity contribution < 1.29 is 13.7 Å². The van der Waals surface area contributed by atoms with Crippen molar-refractivity contribution in [1.82, 2.24) is 30.0 Å². The molecule has 26 heavy (non-hydrogen) atoms. The van der Waals surface area contributed by atoms with E-state index >= 15 is 0 Å². The Bertz CT molecular complexity index is 971. The van der Waals surface area contributed by atoms with Gasteiger partial charge in [-0.3, -0.25) is 4.79 Å². The highest BCUT2D eigenvalue weighted by Crippen LogP contribution is 2.26. The van der Waals surface area contributed by atoms with E-state index in [-0.39, 0.29) is 22.5 Å². The second-order valence-corrected chi connectivity index (χ2v) is 6.46. The second kappa shape index (κ2) is 6.49. The van der Waals surface area contributed by atoms with E-state index in [0.717, 1.165) is 12.5 Å². The Morgan fingerprint density at radius 1 is 1.42 bits per heavy atom. The van der Waals surface area contributed by atoms with Crippen molar-refractivity contribution in [3.05, 3.63) is 46.6 Å². The Hall–Kier alpha value is -2.81. The average molecular weight is 377 g/mol. The maximum absolute atomic E-state index is 13.2. The summed E-state index contributed by atoms with van der Waals surface area (Å²) in [4.78, 5) is 18.4. The van der Waals surface area contributed by atoms with Crippen molar-refractivity contribution in [2.45, 2.75) is 19.4 Å². The minimum absolute atomic E-state index is 0.0246. The molecule has 0 spiro atoms. The first-order chi connectivity index (χ1) is 12.5. The van der Waals surface area contributed by atoms with Crippen molar-refractivity contribution >= 4 is 17.5 Å². The van der Waals surface area contributed by atoms with Gasteiger partial charge in [-0.25, -0.2) is 9.07 Å². The van der Waals surface area contributed by atoms with Crippen molar-refractivity contribution in [3.63, 3.8) is 0 Å². The number of likely N-dealkylation sites (tertiary alicyclic amines) is 1. The molecule has 1 fully saturated rings. The van der Waals surface area contributed by atoms with Gasteiger partial charge in [-0.05, 0) is 31.5 Å². The van der Waals surface area contributed by atoms with Crippen LogP contribution in [0.2, 0.25) is 5.02 Å². The van der Waals surface area contributed by atoms with Gasteiger partial charge in [0.05, 0.1) is 22.8 Å². The summed E-state index contributed by atoms with van der Waals surface area (Å²) in [5, 5.41) is 12.0. The lowest BCUT2D eigenvalue weighted by Crippen LogP contribution is -2.29. The number of amides is 1. The van der Waals surface area contributed by atoms with Crippen molar-refractivity contribution in [3.8, 4) is 11.6 Å². The number of carbonyl (C=O) groups is 1. The number of nitrogens with zero attached hydrogens (tertiary/aromatic N) is 6. The molecule has 2 aromatic heterocycles. The Labute approximate surface area is 152 Å². The molecule has 134 valence electrons. The molecule has 10 heteroatoms. The van der Waals surface area contributed by atoms with Crippen LogP contribution in [0.3, 0.4) is 0 Å². The third-order valence-corrected chi connectivity index (χ3v) is 4.56. The number of rotatable bonds is 3. The number of aryl methyl sites for hydroxylation is 1. The molecule has 0 aliphatic carbocycles. The van der Waals surface area contributed by atoms with Crippen molar-refractivity contribution in [2.75, 3.05) is 13.1 Å². The molecule has 1 atom stereocenters. The van der Waals surface area contributed by atoms with Crippen LogP contribution in [0, 0.1) is 12.7 Å². The van der Waals surface area contributed by atoms with E-state index in [1.807, 2.05) is 0 Å². The van der Waals surface area contributed by atoms with Gasteiger partial charge in [-0.2, -0.15) is 4.98 Å². The zero-order valence-corrected chi connectivity index (χ0v) is 14.5. The molecule has 1 aliphatic rings. The fourth-order valence-electron chi connectivity index (χ4n) is 2.93. The van der Waals surface area contributed by atoms with Crippen LogP contribution >= 0.6 is 11.6 Å². The maximum Gasteiger partial charge on any atom is 0.280 e. The monoisotopic (exact) mass is 376 g/mol. The van der Waals surface area contributed by atoms with Crippen molar-refractivity contribution in [2.24, 2.45) is 0 Å². The van der Waals surface area contributed by atoms with Crippen LogP contribution in [0.25, 0.3) is 11.6 Å². The lowest BCUT2D eigenvalue weighted by atomic mass is 10.2. The van der Waals surface area contributed by atoms with Gasteiger partial charge in [-0.15, -0.1) is 5.10 Å². The van der Waals surface area contributed by atoms with Gasteiger partial charge < -0.3 is 9.42 Å². The van der Waals surface area contributed by atoms with Gasteiger partial charge in [0.25, 0.3) is 11.8 Å². The van der Waals surface area contributed by atoms with Crippen LogP contribution in [-0.4, -0.2) is 49.0 Å². The third-order valence-electron chi connectivity index (χ3n) is 4.24. The normalized spacial score (nSPS) is 17.0. The molecule has 0 saturated carbocycles. The summed E-state index contributed by atoms with van der Waals surface area (Å²) in [5.74, 6) is 0.115. The Morgan fingerprint density at radius 3 is 3.00 bits per heavy atom. The number of aromatic nitrogens is 5. The number of carbonyl (C=O) groups excluding carboxylic acids is 1. The molecule has 3 aromatic rings. The molecule has 1 aromatic carbocycles. The Morgan fingerprint density at radius 2 is 2.27 bits per heavy atom. The third kappa shape index (κ3) is 3.05. The van der Waals surface area contributed by atoms with Gasteiger partial charge in [0.1, 0.15) is 5.82 Å². The SMILES string of the molecule is Cc1noc(-c2cn([C@@H]3CCN(C(=O)c4ccc(F)cc4Cl)C3)nn2)n1. The van der Waals surface area contributed by atoms with E-state index in [4.69, 9.17) is 16.1 Å². The summed E-state index contributed by atoms with van der Waals surface area (Å²) in [6.45, 7) is 2.72. The van der Waals surface area contributed by atoms with Gasteiger partial charge in [0.15, 0.2) is 11.5 Å². The molecule has 0 bridgehead atoms. The van der Waals surface area contributed by atoms with Gasteiger partial charge >= 0.3 is 0 Å². The van der Waals surface area contributed by atoms with Gasteiger partial charge in [-0.1, -0.05) is 22.0 Å². The van der Waals surface area contributed by atoms with Crippen LogP contribution in [0.15, 0.2) is 28.9 Å². The topological polar surface area (TPSA) is 89.9 Å². The van der Waals surface area contributed by atoms with E-state index in [1.54, 1.807) is 22.7 Å². The summed E-state index contributed by atoms with van der Waals surface area (Å²) in [6.07, 6.45) is 2.44. The molecule has 0 unspecified atom stereocenters. The largest absolute Gasteiger partial charge is 0.336 e. The Kier molecular flexibility index (Phi) is 4.15. The summed E-state index contributed by atoms with van der Waals surface area (Å²) < 4.78 is 19.9. The highest BCUT2D eigenvalue weighted by Gasteiger charge is 2.30. The van der Waals surface area contributed by atoms with E-state index in [0.29, 0.717) is 30.5 Å². The van der Waals surface area contributed by atoms with Crippen LogP contribution in [0.5, 0.6) is 0 Å².